The molecule has 28 heavy (non-hydrogen) atoms. The van der Waals surface area contributed by atoms with Crippen LogP contribution in [0.15, 0.2) is 30.5 Å². The molecule has 2 aromatic heterocycles. The molecule has 0 radical (unpaired) electrons. The Hall–Kier alpha value is -2.77. The van der Waals surface area contributed by atoms with Crippen molar-refractivity contribution in [1.82, 2.24) is 14.9 Å². The minimum absolute atomic E-state index is 0.443. The van der Waals surface area contributed by atoms with Gasteiger partial charge in [0.05, 0.1) is 24.9 Å². The predicted molar refractivity (Wildman–Crippen MR) is 115 cm³/mol. The number of nitrogens with zero attached hydrogens (tertiary/aromatic N) is 3. The van der Waals surface area contributed by atoms with Gasteiger partial charge in [-0.25, -0.2) is 9.97 Å². The first-order valence-electron chi connectivity index (χ1n) is 8.79. The molecule has 0 aliphatic heterocycles. The van der Waals surface area contributed by atoms with Gasteiger partial charge in [-0.1, -0.05) is 11.6 Å². The second-order valence-corrected chi connectivity index (χ2v) is 6.99. The maximum absolute atomic E-state index is 6.56. The molecular formula is C20H24ClN5O2. The molecule has 3 N–H and O–H groups in total. The lowest BCUT2D eigenvalue weighted by molar-refractivity contribution is 0.395. The van der Waals surface area contributed by atoms with Gasteiger partial charge >= 0.3 is 0 Å². The fourth-order valence-corrected chi connectivity index (χ4v) is 3.14. The average Bonchev–Trinajstić information content (AvgIpc) is 2.68. The van der Waals surface area contributed by atoms with Crippen molar-refractivity contribution in [3.63, 3.8) is 0 Å². The number of ether oxygens (including phenoxy) is 2. The van der Waals surface area contributed by atoms with Crippen LogP contribution in [0.3, 0.4) is 0 Å². The summed E-state index contributed by atoms with van der Waals surface area (Å²) >= 11 is 6.56. The molecule has 0 spiro atoms. The molecule has 2 heterocycles. The van der Waals surface area contributed by atoms with E-state index in [1.165, 1.54) is 0 Å². The smallest absolute Gasteiger partial charge is 0.141 e. The minimum Gasteiger partial charge on any atom is -0.497 e. The molecule has 3 aromatic rings. The number of pyridine rings is 2. The average molecular weight is 402 g/mol. The summed E-state index contributed by atoms with van der Waals surface area (Å²) in [6, 6.07) is 7.33. The van der Waals surface area contributed by atoms with E-state index in [1.807, 2.05) is 32.3 Å². The lowest BCUT2D eigenvalue weighted by atomic mass is 10.1. The van der Waals surface area contributed by atoms with E-state index in [0.29, 0.717) is 33.6 Å². The first-order valence-corrected chi connectivity index (χ1v) is 9.17. The summed E-state index contributed by atoms with van der Waals surface area (Å²) in [4.78, 5) is 11.1. The molecule has 8 heteroatoms. The van der Waals surface area contributed by atoms with Crippen LogP contribution in [0.1, 0.15) is 0 Å². The minimum atomic E-state index is 0.443. The zero-order valence-corrected chi connectivity index (χ0v) is 17.2. The Morgan fingerprint density at radius 2 is 1.93 bits per heavy atom. The quantitative estimate of drug-likeness (QED) is 0.626. The largest absolute Gasteiger partial charge is 0.497 e. The molecular weight excluding hydrogens is 378 g/mol. The predicted octanol–water partition coefficient (Wildman–Crippen LogP) is 3.52. The number of nitrogens with one attached hydrogen (secondary N) is 1. The van der Waals surface area contributed by atoms with Gasteiger partial charge in [-0.15, -0.1) is 0 Å². The number of anilines is 2. The molecule has 0 saturated heterocycles. The topological polar surface area (TPSA) is 85.5 Å². The Kier molecular flexibility index (Phi) is 6.06. The number of benzene rings is 1. The van der Waals surface area contributed by atoms with Gasteiger partial charge in [0, 0.05) is 41.7 Å². The Morgan fingerprint density at radius 3 is 2.61 bits per heavy atom. The molecule has 3 rings (SSSR count). The van der Waals surface area contributed by atoms with Crippen molar-refractivity contribution < 1.29 is 9.47 Å². The molecule has 0 amide bonds. The normalized spacial score (nSPS) is 11.1. The van der Waals surface area contributed by atoms with Crippen LogP contribution in [0.5, 0.6) is 11.5 Å². The van der Waals surface area contributed by atoms with Gasteiger partial charge in [-0.2, -0.15) is 0 Å². The zero-order valence-electron chi connectivity index (χ0n) is 16.4. The molecule has 0 aliphatic carbocycles. The van der Waals surface area contributed by atoms with Crippen LogP contribution in [-0.2, 0) is 0 Å². The number of likely N-dealkylation sites (N-methyl/N-ethyl adjacent to an activating group) is 1. The van der Waals surface area contributed by atoms with Gasteiger partial charge in [0.15, 0.2) is 0 Å². The fourth-order valence-electron chi connectivity index (χ4n) is 2.86. The van der Waals surface area contributed by atoms with Crippen molar-refractivity contribution in [3.05, 3.63) is 35.5 Å². The molecule has 148 valence electrons. The number of halogens is 1. The number of hydrogen-bond donors (Lipinski definition) is 2. The van der Waals surface area contributed by atoms with E-state index in [1.54, 1.807) is 26.5 Å². The summed E-state index contributed by atoms with van der Waals surface area (Å²) in [5.41, 5.74) is 7.29. The van der Waals surface area contributed by atoms with E-state index in [0.717, 1.165) is 29.7 Å². The molecule has 0 bridgehead atoms. The number of rotatable bonds is 7. The summed E-state index contributed by atoms with van der Waals surface area (Å²) in [5.74, 6) is 2.33. The molecule has 0 aliphatic rings. The number of hydrogen-bond acceptors (Lipinski definition) is 7. The van der Waals surface area contributed by atoms with E-state index in [2.05, 4.69) is 15.2 Å². The van der Waals surface area contributed by atoms with Gasteiger partial charge in [0.25, 0.3) is 0 Å². The first-order chi connectivity index (χ1) is 13.4. The van der Waals surface area contributed by atoms with Crippen molar-refractivity contribution in [3.8, 4) is 22.8 Å². The maximum Gasteiger partial charge on any atom is 0.141 e. The number of methoxy groups -OCH3 is 2. The van der Waals surface area contributed by atoms with Crippen molar-refractivity contribution in [1.29, 1.82) is 0 Å². The Morgan fingerprint density at radius 1 is 1.14 bits per heavy atom. The van der Waals surface area contributed by atoms with Crippen molar-refractivity contribution >= 4 is 34.0 Å². The highest BCUT2D eigenvalue weighted by Gasteiger charge is 2.16. The van der Waals surface area contributed by atoms with E-state index in [9.17, 15) is 0 Å². The van der Waals surface area contributed by atoms with Crippen LogP contribution in [0.2, 0.25) is 5.02 Å². The van der Waals surface area contributed by atoms with Crippen LogP contribution in [0.25, 0.3) is 22.0 Å². The summed E-state index contributed by atoms with van der Waals surface area (Å²) in [6.45, 7) is 1.59. The standard InChI is InChI=1S/C20H24ClN5O2/c1-26(2)6-5-23-20-14-10-18(22)24-11-12(14)7-16(25-20)15-8-13(27-3)9-17(28-4)19(15)21/h7-11H,5-6H2,1-4H3,(H2,22,24)(H,23,25). The third-order valence-electron chi connectivity index (χ3n) is 4.33. The van der Waals surface area contributed by atoms with Crippen LogP contribution in [0, 0.1) is 0 Å². The third-order valence-corrected chi connectivity index (χ3v) is 4.72. The molecule has 0 atom stereocenters. The zero-order chi connectivity index (χ0) is 20.3. The molecule has 0 unspecified atom stereocenters. The second kappa shape index (κ2) is 8.50. The van der Waals surface area contributed by atoms with E-state index in [4.69, 9.17) is 31.8 Å². The molecule has 1 aromatic carbocycles. The second-order valence-electron chi connectivity index (χ2n) is 6.61. The van der Waals surface area contributed by atoms with Crippen molar-refractivity contribution in [2.45, 2.75) is 0 Å². The summed E-state index contributed by atoms with van der Waals surface area (Å²) < 4.78 is 10.8. The third kappa shape index (κ3) is 4.21. The number of nitrogen functional groups attached to an aromatic ring is 1. The summed E-state index contributed by atoms with van der Waals surface area (Å²) in [7, 11) is 7.21. The highest BCUT2D eigenvalue weighted by molar-refractivity contribution is 6.34. The van der Waals surface area contributed by atoms with Crippen molar-refractivity contribution in [2.75, 3.05) is 52.5 Å². The maximum atomic E-state index is 6.56. The van der Waals surface area contributed by atoms with Crippen LogP contribution in [-0.4, -0.2) is 56.3 Å². The van der Waals surface area contributed by atoms with Crippen LogP contribution >= 0.6 is 11.6 Å². The highest BCUT2D eigenvalue weighted by Crippen LogP contribution is 2.40. The lowest BCUT2D eigenvalue weighted by Gasteiger charge is -2.16. The van der Waals surface area contributed by atoms with E-state index >= 15 is 0 Å². The van der Waals surface area contributed by atoms with E-state index in [-0.39, 0.29) is 0 Å². The van der Waals surface area contributed by atoms with Gasteiger partial charge < -0.3 is 25.4 Å². The van der Waals surface area contributed by atoms with Crippen LogP contribution < -0.4 is 20.5 Å². The summed E-state index contributed by atoms with van der Waals surface area (Å²) in [5, 5.41) is 5.67. The highest BCUT2D eigenvalue weighted by atomic mass is 35.5. The number of nitrogens with two attached hydrogens (primary N) is 1. The number of fused-ring (bicyclic) bond motifs is 1. The van der Waals surface area contributed by atoms with Gasteiger partial charge in [0.2, 0.25) is 0 Å². The molecule has 0 saturated carbocycles. The fraction of sp³-hybridized carbons (Fsp3) is 0.300. The van der Waals surface area contributed by atoms with Gasteiger partial charge in [-0.05, 0) is 32.3 Å². The van der Waals surface area contributed by atoms with Crippen LogP contribution in [0.4, 0.5) is 11.6 Å². The first kappa shape index (κ1) is 20.0. The summed E-state index contributed by atoms with van der Waals surface area (Å²) in [6.07, 6.45) is 1.73. The molecule has 0 fully saturated rings. The Bertz CT molecular complexity index is 994. The van der Waals surface area contributed by atoms with Gasteiger partial charge in [0.1, 0.15) is 23.1 Å². The van der Waals surface area contributed by atoms with Gasteiger partial charge in [-0.3, -0.25) is 0 Å². The lowest BCUT2D eigenvalue weighted by Crippen LogP contribution is -2.21. The van der Waals surface area contributed by atoms with E-state index < -0.39 is 0 Å². The Labute approximate surface area is 169 Å². The monoisotopic (exact) mass is 401 g/mol. The Balaban J connectivity index is 2.15. The van der Waals surface area contributed by atoms with Crippen molar-refractivity contribution in [2.24, 2.45) is 0 Å². The molecule has 7 nitrogen and oxygen atoms in total. The SMILES string of the molecule is COc1cc(OC)c(Cl)c(-c2cc3cnc(N)cc3c(NCCN(C)C)n2)c1. The number of aromatic nitrogens is 2.